The molecule has 1 saturated heterocycles. The number of thiophene rings is 1. The minimum Gasteiger partial charge on any atom is -0.480 e. The lowest BCUT2D eigenvalue weighted by Crippen LogP contribution is -2.57. The van der Waals surface area contributed by atoms with E-state index in [0.29, 0.717) is 30.9 Å². The van der Waals surface area contributed by atoms with Crippen molar-refractivity contribution in [1.82, 2.24) is 5.32 Å². The van der Waals surface area contributed by atoms with Gasteiger partial charge in [0.25, 0.3) is 5.91 Å². The molecule has 5 nitrogen and oxygen atoms in total. The van der Waals surface area contributed by atoms with E-state index in [0.717, 1.165) is 19.3 Å². The van der Waals surface area contributed by atoms with Gasteiger partial charge in [0.15, 0.2) is 0 Å². The Hall–Kier alpha value is -1.40. The number of aryl methyl sites for hydroxylation is 2. The molecule has 2 N–H and O–H groups in total. The second kappa shape index (κ2) is 5.18. The van der Waals surface area contributed by atoms with Gasteiger partial charge in [-0.2, -0.15) is 0 Å². The van der Waals surface area contributed by atoms with E-state index in [1.54, 1.807) is 0 Å². The summed E-state index contributed by atoms with van der Waals surface area (Å²) in [7, 11) is 0. The summed E-state index contributed by atoms with van der Waals surface area (Å²) >= 11 is 1.49. The lowest BCUT2D eigenvalue weighted by Gasteiger charge is -2.33. The zero-order chi connectivity index (χ0) is 14.2. The smallest absolute Gasteiger partial charge is 0.329 e. The monoisotopic (exact) mass is 295 g/mol. The van der Waals surface area contributed by atoms with Crippen molar-refractivity contribution < 1.29 is 19.4 Å². The van der Waals surface area contributed by atoms with Crippen molar-refractivity contribution >= 4 is 23.2 Å². The second-order valence-corrected chi connectivity index (χ2v) is 6.50. The van der Waals surface area contributed by atoms with Crippen LogP contribution >= 0.6 is 11.3 Å². The Balaban J connectivity index is 1.77. The molecule has 1 fully saturated rings. The summed E-state index contributed by atoms with van der Waals surface area (Å²) in [6, 6.07) is 1.91. The third-order valence-corrected chi connectivity index (χ3v) is 5.31. The number of hydrogen-bond donors (Lipinski definition) is 2. The maximum absolute atomic E-state index is 12.3. The molecule has 1 aromatic rings. The third kappa shape index (κ3) is 2.33. The highest BCUT2D eigenvalue weighted by molar-refractivity contribution is 7.14. The SMILES string of the molecule is O=C(NC1(C(=O)O)CCOCC1)c1cc2c(s1)CCC2. The number of amides is 1. The first-order valence-electron chi connectivity index (χ1n) is 6.86. The van der Waals surface area contributed by atoms with Gasteiger partial charge in [0, 0.05) is 30.9 Å². The number of carboxylic acids is 1. The Morgan fingerprint density at radius 1 is 1.30 bits per heavy atom. The molecule has 0 radical (unpaired) electrons. The summed E-state index contributed by atoms with van der Waals surface area (Å²) in [5.74, 6) is -1.24. The number of nitrogens with one attached hydrogen (secondary N) is 1. The second-order valence-electron chi connectivity index (χ2n) is 5.37. The van der Waals surface area contributed by atoms with Crippen molar-refractivity contribution in [3.8, 4) is 0 Å². The summed E-state index contributed by atoms with van der Waals surface area (Å²) in [5, 5.41) is 12.2. The minimum absolute atomic E-state index is 0.270. The van der Waals surface area contributed by atoms with Gasteiger partial charge in [-0.25, -0.2) is 4.79 Å². The van der Waals surface area contributed by atoms with Crippen LogP contribution in [-0.4, -0.2) is 35.7 Å². The van der Waals surface area contributed by atoms with Gasteiger partial charge in [0.2, 0.25) is 0 Å². The first-order chi connectivity index (χ1) is 9.61. The number of aliphatic carboxylic acids is 1. The fourth-order valence-corrected chi connectivity index (χ4v) is 3.98. The summed E-state index contributed by atoms with van der Waals surface area (Å²) < 4.78 is 5.20. The molecular weight excluding hydrogens is 278 g/mol. The van der Waals surface area contributed by atoms with E-state index in [1.165, 1.54) is 21.8 Å². The normalized spacial score (nSPS) is 20.4. The number of carboxylic acid groups (broad SMARTS) is 1. The number of rotatable bonds is 3. The average molecular weight is 295 g/mol. The molecule has 0 aromatic carbocycles. The van der Waals surface area contributed by atoms with Crippen molar-refractivity contribution in [2.45, 2.75) is 37.6 Å². The van der Waals surface area contributed by atoms with Gasteiger partial charge in [-0.1, -0.05) is 0 Å². The molecule has 2 heterocycles. The van der Waals surface area contributed by atoms with Crippen LogP contribution in [0.4, 0.5) is 0 Å². The van der Waals surface area contributed by atoms with Crippen LogP contribution in [0.15, 0.2) is 6.07 Å². The van der Waals surface area contributed by atoms with Crippen molar-refractivity contribution in [2.24, 2.45) is 0 Å². The van der Waals surface area contributed by atoms with Crippen molar-refractivity contribution in [3.63, 3.8) is 0 Å². The van der Waals surface area contributed by atoms with Gasteiger partial charge in [0.05, 0.1) is 4.88 Å². The predicted octanol–water partition coefficient (Wildman–Crippen LogP) is 1.60. The lowest BCUT2D eigenvalue weighted by atomic mass is 9.90. The highest BCUT2D eigenvalue weighted by Gasteiger charge is 2.42. The zero-order valence-corrected chi connectivity index (χ0v) is 11.9. The molecule has 0 spiro atoms. The molecule has 0 unspecified atom stereocenters. The standard InChI is InChI=1S/C14H17NO4S/c16-12(11-8-9-2-1-3-10(9)20-11)15-14(13(17)18)4-6-19-7-5-14/h8H,1-7H2,(H,15,16)(H,17,18). The fourth-order valence-electron chi connectivity index (χ4n) is 2.83. The topological polar surface area (TPSA) is 75.6 Å². The van der Waals surface area contributed by atoms with Crippen LogP contribution in [0, 0.1) is 0 Å². The van der Waals surface area contributed by atoms with Crippen LogP contribution in [0.1, 0.15) is 39.4 Å². The molecule has 1 aliphatic carbocycles. The van der Waals surface area contributed by atoms with Gasteiger partial charge in [-0.15, -0.1) is 11.3 Å². The summed E-state index contributed by atoms with van der Waals surface area (Å²) in [6.07, 6.45) is 3.85. The maximum atomic E-state index is 12.3. The largest absolute Gasteiger partial charge is 0.480 e. The van der Waals surface area contributed by atoms with E-state index in [9.17, 15) is 14.7 Å². The van der Waals surface area contributed by atoms with Crippen LogP contribution in [0.2, 0.25) is 0 Å². The molecule has 1 aromatic heterocycles. The van der Waals surface area contributed by atoms with E-state index in [4.69, 9.17) is 4.74 Å². The van der Waals surface area contributed by atoms with Gasteiger partial charge in [-0.3, -0.25) is 4.79 Å². The van der Waals surface area contributed by atoms with Crippen LogP contribution in [0.3, 0.4) is 0 Å². The van der Waals surface area contributed by atoms with Crippen LogP contribution in [-0.2, 0) is 22.4 Å². The molecule has 3 rings (SSSR count). The van der Waals surface area contributed by atoms with Crippen LogP contribution in [0.25, 0.3) is 0 Å². The lowest BCUT2D eigenvalue weighted by molar-refractivity contribution is -0.148. The van der Waals surface area contributed by atoms with Gasteiger partial charge < -0.3 is 15.2 Å². The molecule has 108 valence electrons. The maximum Gasteiger partial charge on any atom is 0.329 e. The molecule has 2 aliphatic rings. The number of carbonyl (C=O) groups excluding carboxylic acids is 1. The Bertz CT molecular complexity index is 524. The molecule has 1 aliphatic heterocycles. The Kier molecular flexibility index (Phi) is 3.52. The van der Waals surface area contributed by atoms with Gasteiger partial charge in [0.1, 0.15) is 5.54 Å². The van der Waals surface area contributed by atoms with E-state index in [2.05, 4.69) is 5.32 Å². The van der Waals surface area contributed by atoms with Crippen LogP contribution in [0.5, 0.6) is 0 Å². The molecule has 20 heavy (non-hydrogen) atoms. The minimum atomic E-state index is -1.18. The van der Waals surface area contributed by atoms with Crippen molar-refractivity contribution in [3.05, 3.63) is 21.4 Å². The van der Waals surface area contributed by atoms with E-state index in [-0.39, 0.29) is 5.91 Å². The van der Waals surface area contributed by atoms with Gasteiger partial charge in [-0.05, 0) is 30.9 Å². The predicted molar refractivity (Wildman–Crippen MR) is 74.2 cm³/mol. The van der Waals surface area contributed by atoms with Crippen molar-refractivity contribution in [2.75, 3.05) is 13.2 Å². The van der Waals surface area contributed by atoms with E-state index >= 15 is 0 Å². The number of fused-ring (bicyclic) bond motifs is 1. The van der Waals surface area contributed by atoms with E-state index < -0.39 is 11.5 Å². The Labute approximate surface area is 120 Å². The number of carbonyl (C=O) groups is 2. The highest BCUT2D eigenvalue weighted by Crippen LogP contribution is 2.31. The first kappa shape index (κ1) is 13.6. The molecular formula is C14H17NO4S. The zero-order valence-electron chi connectivity index (χ0n) is 11.1. The molecule has 0 atom stereocenters. The average Bonchev–Trinajstić information content (AvgIpc) is 3.00. The fraction of sp³-hybridized carbons (Fsp3) is 0.571. The highest BCUT2D eigenvalue weighted by atomic mass is 32.1. The Morgan fingerprint density at radius 3 is 2.70 bits per heavy atom. The Morgan fingerprint density at radius 2 is 2.05 bits per heavy atom. The van der Waals surface area contributed by atoms with E-state index in [1.807, 2.05) is 6.07 Å². The quantitative estimate of drug-likeness (QED) is 0.888. The number of ether oxygens (including phenoxy) is 1. The molecule has 1 amide bonds. The molecule has 0 saturated carbocycles. The summed E-state index contributed by atoms with van der Waals surface area (Å²) in [4.78, 5) is 25.7. The van der Waals surface area contributed by atoms with Crippen molar-refractivity contribution in [1.29, 1.82) is 0 Å². The van der Waals surface area contributed by atoms with Gasteiger partial charge >= 0.3 is 5.97 Å². The number of hydrogen-bond acceptors (Lipinski definition) is 4. The molecule has 0 bridgehead atoms. The molecule has 6 heteroatoms. The first-order valence-corrected chi connectivity index (χ1v) is 7.68. The summed E-state index contributed by atoms with van der Waals surface area (Å²) in [6.45, 7) is 0.737. The van der Waals surface area contributed by atoms with Crippen LogP contribution < -0.4 is 5.32 Å². The summed E-state index contributed by atoms with van der Waals surface area (Å²) in [5.41, 5.74) is 0.0699. The third-order valence-electron chi connectivity index (χ3n) is 4.08.